The molecule has 28 heavy (non-hydrogen) atoms. The average molecular weight is 435 g/mol. The number of hydrogen-bond donors (Lipinski definition) is 1. The highest BCUT2D eigenvalue weighted by atomic mass is 35.5. The lowest BCUT2D eigenvalue weighted by Crippen LogP contribution is -2.07. The van der Waals surface area contributed by atoms with Crippen molar-refractivity contribution in [2.75, 3.05) is 0 Å². The third kappa shape index (κ3) is 4.32. The highest BCUT2D eigenvalue weighted by molar-refractivity contribution is 7.90. The van der Waals surface area contributed by atoms with E-state index in [1.54, 1.807) is 30.3 Å². The van der Waals surface area contributed by atoms with Crippen molar-refractivity contribution in [3.05, 3.63) is 75.6 Å². The third-order valence-corrected chi connectivity index (χ3v) is 7.25. The first-order valence-electron chi connectivity index (χ1n) is 8.13. The quantitative estimate of drug-likeness (QED) is 0.555. The largest absolute Gasteiger partial charge is 0.477 e. The van der Waals surface area contributed by atoms with Gasteiger partial charge in [-0.1, -0.05) is 35.9 Å². The molecular weight excluding hydrogens is 420 g/mol. The van der Waals surface area contributed by atoms with Crippen LogP contribution in [0, 0.1) is 0 Å². The summed E-state index contributed by atoms with van der Waals surface area (Å²) < 4.78 is 25.4. The first-order chi connectivity index (χ1) is 13.2. The fourth-order valence-electron chi connectivity index (χ4n) is 2.66. The van der Waals surface area contributed by atoms with E-state index in [2.05, 4.69) is 0 Å². The number of hydrogen-bond acceptors (Lipinski definition) is 5. The molecule has 0 aliphatic carbocycles. The molecule has 0 atom stereocenters. The number of benzene rings is 2. The summed E-state index contributed by atoms with van der Waals surface area (Å²) >= 11 is 6.80. The molecular formula is C20H15ClO5S2. The summed E-state index contributed by atoms with van der Waals surface area (Å²) in [5.41, 5.74) is 1.48. The lowest BCUT2D eigenvalue weighted by atomic mass is 10.1. The molecule has 3 rings (SSSR count). The van der Waals surface area contributed by atoms with E-state index in [0.29, 0.717) is 21.0 Å². The highest BCUT2D eigenvalue weighted by Gasteiger charge is 2.23. The topological polar surface area (TPSA) is 88.5 Å². The van der Waals surface area contributed by atoms with E-state index >= 15 is 0 Å². The number of rotatable bonds is 6. The molecule has 0 bridgehead atoms. The Morgan fingerprint density at radius 3 is 2.18 bits per heavy atom. The molecule has 0 radical (unpaired) electrons. The van der Waals surface area contributed by atoms with Crippen LogP contribution < -0.4 is 0 Å². The van der Waals surface area contributed by atoms with Crippen LogP contribution in [0.1, 0.15) is 32.5 Å². The Morgan fingerprint density at radius 1 is 1.04 bits per heavy atom. The van der Waals surface area contributed by atoms with Gasteiger partial charge in [0.05, 0.1) is 10.6 Å². The van der Waals surface area contributed by atoms with Crippen molar-refractivity contribution in [1.29, 1.82) is 0 Å². The molecule has 0 aliphatic heterocycles. The van der Waals surface area contributed by atoms with Crippen LogP contribution in [-0.2, 0) is 15.6 Å². The van der Waals surface area contributed by atoms with E-state index in [0.717, 1.165) is 11.3 Å². The van der Waals surface area contributed by atoms with Crippen LogP contribution in [0.15, 0.2) is 59.5 Å². The summed E-state index contributed by atoms with van der Waals surface area (Å²) in [6.45, 7) is 1.46. The molecule has 0 fully saturated rings. The third-order valence-electron chi connectivity index (χ3n) is 4.10. The number of carbonyl (C=O) groups excluding carboxylic acids is 1. The van der Waals surface area contributed by atoms with Gasteiger partial charge in [0.15, 0.2) is 15.6 Å². The molecule has 2 aromatic carbocycles. The number of Topliss-reactive ketones (excluding diaryl/α,β-unsaturated/α-hetero) is 1. The van der Waals surface area contributed by atoms with Crippen LogP contribution in [-0.4, -0.2) is 25.3 Å². The number of halogens is 1. The molecule has 0 spiro atoms. The molecule has 8 heteroatoms. The Bertz CT molecular complexity index is 1140. The zero-order valence-electron chi connectivity index (χ0n) is 14.7. The molecule has 1 heterocycles. The van der Waals surface area contributed by atoms with Gasteiger partial charge in [0.25, 0.3) is 0 Å². The predicted molar refractivity (Wildman–Crippen MR) is 109 cm³/mol. The summed E-state index contributed by atoms with van der Waals surface area (Å²) in [7, 11) is -3.73. The molecule has 1 N–H and O–H groups in total. The van der Waals surface area contributed by atoms with E-state index in [1.807, 2.05) is 0 Å². The van der Waals surface area contributed by atoms with Gasteiger partial charge in [-0.15, -0.1) is 11.3 Å². The molecule has 3 aromatic rings. The van der Waals surface area contributed by atoms with Crippen LogP contribution in [0.2, 0.25) is 5.02 Å². The average Bonchev–Trinajstić information content (AvgIpc) is 3.05. The maximum atomic E-state index is 12.7. The second-order valence-corrected chi connectivity index (χ2v) is 9.59. The summed E-state index contributed by atoms with van der Waals surface area (Å²) in [4.78, 5) is 23.7. The van der Waals surface area contributed by atoms with Crippen LogP contribution in [0.5, 0.6) is 0 Å². The predicted octanol–water partition coefficient (Wildman–Crippen LogP) is 4.94. The number of carboxylic acid groups (broad SMARTS) is 1. The minimum Gasteiger partial charge on any atom is -0.477 e. The Kier molecular flexibility index (Phi) is 5.69. The van der Waals surface area contributed by atoms with Crippen LogP contribution in [0.25, 0.3) is 10.4 Å². The van der Waals surface area contributed by atoms with Crippen molar-refractivity contribution in [1.82, 2.24) is 0 Å². The maximum absolute atomic E-state index is 12.7. The van der Waals surface area contributed by atoms with E-state index in [1.165, 1.54) is 31.2 Å². The van der Waals surface area contributed by atoms with Gasteiger partial charge in [0.2, 0.25) is 0 Å². The number of ketones is 1. The molecule has 0 unspecified atom stereocenters. The minimum atomic E-state index is -3.73. The second-order valence-electron chi connectivity index (χ2n) is 6.12. The van der Waals surface area contributed by atoms with Gasteiger partial charge in [-0.2, -0.15) is 0 Å². The number of carboxylic acids is 1. The monoisotopic (exact) mass is 434 g/mol. The van der Waals surface area contributed by atoms with E-state index in [4.69, 9.17) is 11.6 Å². The van der Waals surface area contributed by atoms with Crippen LogP contribution >= 0.6 is 22.9 Å². The zero-order chi connectivity index (χ0) is 20.5. The molecule has 0 amide bonds. The first-order valence-corrected chi connectivity index (χ1v) is 11.0. The van der Waals surface area contributed by atoms with Gasteiger partial charge >= 0.3 is 5.97 Å². The van der Waals surface area contributed by atoms with Crippen LogP contribution in [0.3, 0.4) is 0 Å². The number of aromatic carboxylic acids is 1. The summed E-state index contributed by atoms with van der Waals surface area (Å²) in [5.74, 6) is -1.69. The SMILES string of the molecule is CC(=O)c1ccc(-c2cc(CS(=O)(=O)c3ccc(Cl)cc3)c(C(=O)O)s2)cc1. The highest BCUT2D eigenvalue weighted by Crippen LogP contribution is 2.34. The standard InChI is InChI=1S/C20H15ClO5S2/c1-12(22)13-2-4-14(5-3-13)18-10-15(19(27-18)20(23)24)11-28(25,26)17-8-6-16(21)7-9-17/h2-10H,11H2,1H3,(H,23,24). The Balaban J connectivity index is 1.98. The molecule has 1 aromatic heterocycles. The maximum Gasteiger partial charge on any atom is 0.346 e. The van der Waals surface area contributed by atoms with Crippen molar-refractivity contribution >= 4 is 44.5 Å². The van der Waals surface area contributed by atoms with Crippen molar-refractivity contribution < 1.29 is 23.1 Å². The van der Waals surface area contributed by atoms with Gasteiger partial charge < -0.3 is 5.11 Å². The lowest BCUT2D eigenvalue weighted by molar-refractivity contribution is 0.0701. The Labute approximate surface area is 171 Å². The van der Waals surface area contributed by atoms with E-state index in [-0.39, 0.29) is 21.1 Å². The number of sulfone groups is 1. The Morgan fingerprint density at radius 2 is 1.64 bits per heavy atom. The fourth-order valence-corrected chi connectivity index (χ4v) is 5.25. The van der Waals surface area contributed by atoms with E-state index < -0.39 is 21.6 Å². The first kappa shape index (κ1) is 20.3. The number of carbonyl (C=O) groups is 2. The van der Waals surface area contributed by atoms with Crippen LogP contribution in [0.4, 0.5) is 0 Å². The summed E-state index contributed by atoms with van der Waals surface area (Å²) in [6, 6.07) is 14.0. The van der Waals surface area contributed by atoms with E-state index in [9.17, 15) is 23.1 Å². The molecule has 144 valence electrons. The van der Waals surface area contributed by atoms with Crippen molar-refractivity contribution in [3.8, 4) is 10.4 Å². The van der Waals surface area contributed by atoms with Gasteiger partial charge in [-0.05, 0) is 48.4 Å². The van der Waals surface area contributed by atoms with Crippen molar-refractivity contribution in [2.45, 2.75) is 17.6 Å². The molecule has 0 saturated carbocycles. The fraction of sp³-hybridized carbons (Fsp3) is 0.100. The second kappa shape index (κ2) is 7.87. The normalized spacial score (nSPS) is 11.4. The minimum absolute atomic E-state index is 0.0248. The Hall–Kier alpha value is -2.48. The summed E-state index contributed by atoms with van der Waals surface area (Å²) in [6.07, 6.45) is 0. The number of thiophene rings is 1. The van der Waals surface area contributed by atoms with Crippen molar-refractivity contribution in [2.24, 2.45) is 0 Å². The van der Waals surface area contributed by atoms with Gasteiger partial charge in [-0.25, -0.2) is 13.2 Å². The smallest absolute Gasteiger partial charge is 0.346 e. The molecule has 5 nitrogen and oxygen atoms in total. The zero-order valence-corrected chi connectivity index (χ0v) is 17.1. The lowest BCUT2D eigenvalue weighted by Gasteiger charge is -2.04. The van der Waals surface area contributed by atoms with Gasteiger partial charge in [-0.3, -0.25) is 4.79 Å². The van der Waals surface area contributed by atoms with Gasteiger partial charge in [0, 0.05) is 15.5 Å². The van der Waals surface area contributed by atoms with Crippen molar-refractivity contribution in [3.63, 3.8) is 0 Å². The summed E-state index contributed by atoms with van der Waals surface area (Å²) in [5, 5.41) is 9.91. The molecule has 0 aliphatic rings. The van der Waals surface area contributed by atoms with Gasteiger partial charge in [0.1, 0.15) is 4.88 Å². The molecule has 0 saturated heterocycles.